The lowest BCUT2D eigenvalue weighted by Gasteiger charge is -2.09. The number of hydrogen-bond donors (Lipinski definition) is 2. The van der Waals surface area contributed by atoms with Gasteiger partial charge in [0.2, 0.25) is 0 Å². The molecule has 0 bridgehead atoms. The van der Waals surface area contributed by atoms with Crippen molar-refractivity contribution in [1.82, 2.24) is 0 Å². The normalized spacial score (nSPS) is 10.5. The number of rotatable bonds is 2. The molecular formula is C17H12O4. The van der Waals surface area contributed by atoms with Gasteiger partial charge in [-0.15, -0.1) is 0 Å². The molecule has 0 aliphatic carbocycles. The summed E-state index contributed by atoms with van der Waals surface area (Å²) in [5.41, 5.74) is 0.0345. The third-order valence-electron chi connectivity index (χ3n) is 3.14. The molecule has 2 N–H and O–H groups in total. The third-order valence-corrected chi connectivity index (χ3v) is 3.14. The van der Waals surface area contributed by atoms with Gasteiger partial charge in [-0.05, 0) is 35.7 Å². The van der Waals surface area contributed by atoms with E-state index in [-0.39, 0.29) is 17.1 Å². The molecule has 21 heavy (non-hydrogen) atoms. The van der Waals surface area contributed by atoms with Crippen molar-refractivity contribution in [1.29, 1.82) is 0 Å². The van der Waals surface area contributed by atoms with Crippen molar-refractivity contribution < 1.29 is 19.7 Å². The van der Waals surface area contributed by atoms with Gasteiger partial charge in [-0.3, -0.25) is 0 Å². The lowest BCUT2D eigenvalue weighted by atomic mass is 10.0. The van der Waals surface area contributed by atoms with E-state index in [1.807, 2.05) is 6.07 Å². The van der Waals surface area contributed by atoms with Crippen LogP contribution in [0.2, 0.25) is 0 Å². The van der Waals surface area contributed by atoms with E-state index in [1.54, 1.807) is 36.4 Å². The van der Waals surface area contributed by atoms with E-state index in [2.05, 4.69) is 0 Å². The average molecular weight is 280 g/mol. The second-order valence-electron chi connectivity index (χ2n) is 4.57. The Hall–Kier alpha value is -3.01. The quantitative estimate of drug-likeness (QED) is 0.557. The fraction of sp³-hybridized carbons (Fsp3) is 0. The van der Waals surface area contributed by atoms with Gasteiger partial charge in [0.25, 0.3) is 0 Å². The summed E-state index contributed by atoms with van der Waals surface area (Å²) in [5.74, 6) is -0.454. The smallest absolute Gasteiger partial charge is 0.347 e. The Kier molecular flexibility index (Phi) is 3.20. The fourth-order valence-corrected chi connectivity index (χ4v) is 2.16. The van der Waals surface area contributed by atoms with Gasteiger partial charge in [-0.1, -0.05) is 30.3 Å². The van der Waals surface area contributed by atoms with Crippen LogP contribution in [-0.4, -0.2) is 16.2 Å². The van der Waals surface area contributed by atoms with Crippen LogP contribution in [0.15, 0.2) is 60.7 Å². The molecule has 0 atom stereocenters. The van der Waals surface area contributed by atoms with E-state index in [0.29, 0.717) is 11.1 Å². The molecule has 0 unspecified atom stereocenters. The van der Waals surface area contributed by atoms with Crippen LogP contribution < -0.4 is 4.74 Å². The third kappa shape index (κ3) is 2.51. The van der Waals surface area contributed by atoms with Crippen LogP contribution in [0.5, 0.6) is 17.2 Å². The van der Waals surface area contributed by atoms with Crippen molar-refractivity contribution in [2.24, 2.45) is 0 Å². The highest BCUT2D eigenvalue weighted by Crippen LogP contribution is 2.30. The first-order valence-electron chi connectivity index (χ1n) is 6.37. The number of esters is 1. The zero-order valence-electron chi connectivity index (χ0n) is 11.0. The minimum atomic E-state index is -0.671. The summed E-state index contributed by atoms with van der Waals surface area (Å²) in [6.07, 6.45) is 0. The highest BCUT2D eigenvalue weighted by Gasteiger charge is 2.18. The van der Waals surface area contributed by atoms with Gasteiger partial charge in [0.1, 0.15) is 22.8 Å². The second kappa shape index (κ2) is 5.17. The molecule has 0 fully saturated rings. The largest absolute Gasteiger partial charge is 0.508 e. The number of carbonyl (C=O) groups excluding carboxylic acids is 1. The number of phenolic OH excluding ortho intramolecular Hbond substituents is 2. The summed E-state index contributed by atoms with van der Waals surface area (Å²) in [7, 11) is 0. The molecule has 0 amide bonds. The van der Waals surface area contributed by atoms with Gasteiger partial charge in [0.15, 0.2) is 0 Å². The number of aromatic hydroxyl groups is 2. The van der Waals surface area contributed by atoms with Gasteiger partial charge in [-0.25, -0.2) is 4.79 Å². The highest BCUT2D eigenvalue weighted by molar-refractivity contribution is 6.08. The Labute approximate surface area is 120 Å². The topological polar surface area (TPSA) is 66.8 Å². The van der Waals surface area contributed by atoms with E-state index >= 15 is 0 Å². The standard InChI is InChI=1S/C17H12O4/c18-12-8-6-11-7-9-15(19)16(14(11)10-12)17(20)21-13-4-2-1-3-5-13/h1-10,18-19H. The van der Waals surface area contributed by atoms with Gasteiger partial charge >= 0.3 is 5.97 Å². The van der Waals surface area contributed by atoms with Crippen LogP contribution >= 0.6 is 0 Å². The molecule has 4 heteroatoms. The van der Waals surface area contributed by atoms with E-state index in [9.17, 15) is 15.0 Å². The van der Waals surface area contributed by atoms with Crippen molar-refractivity contribution in [3.8, 4) is 17.2 Å². The Morgan fingerprint density at radius 1 is 0.905 bits per heavy atom. The first-order valence-corrected chi connectivity index (χ1v) is 6.37. The Bertz CT molecular complexity index is 804. The summed E-state index contributed by atoms with van der Waals surface area (Å²) in [6, 6.07) is 16.3. The Morgan fingerprint density at radius 2 is 1.62 bits per heavy atom. The van der Waals surface area contributed by atoms with E-state index in [1.165, 1.54) is 18.2 Å². The molecule has 0 saturated heterocycles. The van der Waals surface area contributed by atoms with Crippen molar-refractivity contribution in [3.63, 3.8) is 0 Å². The van der Waals surface area contributed by atoms with Crippen LogP contribution in [0.25, 0.3) is 10.8 Å². The number of para-hydroxylation sites is 1. The maximum absolute atomic E-state index is 12.3. The molecule has 0 radical (unpaired) electrons. The van der Waals surface area contributed by atoms with Crippen LogP contribution in [0.4, 0.5) is 0 Å². The lowest BCUT2D eigenvalue weighted by Crippen LogP contribution is -2.09. The van der Waals surface area contributed by atoms with Crippen molar-refractivity contribution >= 4 is 16.7 Å². The molecule has 0 spiro atoms. The second-order valence-corrected chi connectivity index (χ2v) is 4.57. The first kappa shape index (κ1) is 13.0. The summed E-state index contributed by atoms with van der Waals surface area (Å²) in [4.78, 5) is 12.3. The van der Waals surface area contributed by atoms with Crippen molar-refractivity contribution in [2.75, 3.05) is 0 Å². The summed E-state index contributed by atoms with van der Waals surface area (Å²) >= 11 is 0. The molecule has 0 aliphatic rings. The number of hydrogen-bond acceptors (Lipinski definition) is 4. The van der Waals surface area contributed by atoms with Crippen LogP contribution in [0.1, 0.15) is 10.4 Å². The monoisotopic (exact) mass is 280 g/mol. The molecule has 104 valence electrons. The van der Waals surface area contributed by atoms with Gasteiger partial charge in [0, 0.05) is 5.39 Å². The Balaban J connectivity index is 2.08. The zero-order valence-corrected chi connectivity index (χ0v) is 11.0. The fourth-order valence-electron chi connectivity index (χ4n) is 2.16. The number of fused-ring (bicyclic) bond motifs is 1. The Morgan fingerprint density at radius 3 is 2.38 bits per heavy atom. The summed E-state index contributed by atoms with van der Waals surface area (Å²) < 4.78 is 5.25. The van der Waals surface area contributed by atoms with Crippen molar-refractivity contribution in [3.05, 3.63) is 66.2 Å². The number of benzene rings is 3. The number of carbonyl (C=O) groups is 1. The predicted octanol–water partition coefficient (Wildman–Crippen LogP) is 3.47. The average Bonchev–Trinajstić information content (AvgIpc) is 2.47. The van der Waals surface area contributed by atoms with Gasteiger partial charge in [0.05, 0.1) is 0 Å². The van der Waals surface area contributed by atoms with Crippen molar-refractivity contribution in [2.45, 2.75) is 0 Å². The van der Waals surface area contributed by atoms with E-state index < -0.39 is 5.97 Å². The molecular weight excluding hydrogens is 268 g/mol. The number of ether oxygens (including phenoxy) is 1. The molecule has 3 aromatic carbocycles. The lowest BCUT2D eigenvalue weighted by molar-refractivity contribution is 0.0734. The first-order chi connectivity index (χ1) is 10.1. The minimum Gasteiger partial charge on any atom is -0.508 e. The SMILES string of the molecule is O=C(Oc1ccccc1)c1c(O)ccc2ccc(O)cc12. The minimum absolute atomic E-state index is 0.0156. The summed E-state index contributed by atoms with van der Waals surface area (Å²) in [5, 5.41) is 20.7. The molecule has 0 heterocycles. The summed E-state index contributed by atoms with van der Waals surface area (Å²) in [6.45, 7) is 0. The van der Waals surface area contributed by atoms with Gasteiger partial charge in [-0.2, -0.15) is 0 Å². The maximum Gasteiger partial charge on any atom is 0.347 e. The molecule has 3 aromatic rings. The van der Waals surface area contributed by atoms with Crippen LogP contribution in [0, 0.1) is 0 Å². The zero-order chi connectivity index (χ0) is 14.8. The van der Waals surface area contributed by atoms with E-state index in [0.717, 1.165) is 5.39 Å². The molecule has 3 rings (SSSR count). The molecule has 0 saturated carbocycles. The van der Waals surface area contributed by atoms with Gasteiger partial charge < -0.3 is 14.9 Å². The van der Waals surface area contributed by atoms with Crippen LogP contribution in [-0.2, 0) is 0 Å². The number of phenols is 2. The molecule has 4 nitrogen and oxygen atoms in total. The molecule has 0 aromatic heterocycles. The van der Waals surface area contributed by atoms with Crippen LogP contribution in [0.3, 0.4) is 0 Å². The molecule has 0 aliphatic heterocycles. The maximum atomic E-state index is 12.3. The predicted molar refractivity (Wildman–Crippen MR) is 78.7 cm³/mol. The highest BCUT2D eigenvalue weighted by atomic mass is 16.5. The van der Waals surface area contributed by atoms with E-state index in [4.69, 9.17) is 4.74 Å².